The second-order valence-electron chi connectivity index (χ2n) is 3.95. The van der Waals surface area contributed by atoms with Crippen molar-refractivity contribution in [2.75, 3.05) is 17.7 Å². The van der Waals surface area contributed by atoms with Gasteiger partial charge in [-0.15, -0.1) is 0 Å². The van der Waals surface area contributed by atoms with Crippen LogP contribution in [0, 0.1) is 0 Å². The summed E-state index contributed by atoms with van der Waals surface area (Å²) in [7, 11) is 1.60. The van der Waals surface area contributed by atoms with Crippen molar-refractivity contribution in [2.45, 2.75) is 0 Å². The normalized spacial score (nSPS) is 10.2. The Hall–Kier alpha value is -2.34. The number of amides is 1. The standard InChI is InChI=1S/C13H12N2O3S/c1-15(12(16)9-4-5-19-7-9)11-3-2-8(13(17)18)6-10(11)14/h2-7H,14H2,1H3,(H,17,18). The molecule has 1 heterocycles. The monoisotopic (exact) mass is 276 g/mol. The number of hydrogen-bond donors (Lipinski definition) is 2. The van der Waals surface area contributed by atoms with E-state index in [4.69, 9.17) is 10.8 Å². The van der Waals surface area contributed by atoms with E-state index in [1.807, 2.05) is 5.38 Å². The molecule has 2 aromatic rings. The lowest BCUT2D eigenvalue weighted by molar-refractivity contribution is 0.0697. The predicted octanol–water partition coefficient (Wildman–Crippen LogP) is 2.31. The average Bonchev–Trinajstić information content (AvgIpc) is 2.90. The lowest BCUT2D eigenvalue weighted by Gasteiger charge is -2.19. The molecule has 0 saturated carbocycles. The van der Waals surface area contributed by atoms with Crippen molar-refractivity contribution >= 4 is 34.6 Å². The van der Waals surface area contributed by atoms with Crippen molar-refractivity contribution in [3.8, 4) is 0 Å². The van der Waals surface area contributed by atoms with Gasteiger partial charge in [0.1, 0.15) is 0 Å². The van der Waals surface area contributed by atoms with Crippen LogP contribution in [0.3, 0.4) is 0 Å². The molecule has 6 heteroatoms. The molecule has 5 nitrogen and oxygen atoms in total. The largest absolute Gasteiger partial charge is 0.478 e. The van der Waals surface area contributed by atoms with Gasteiger partial charge in [0, 0.05) is 12.4 Å². The van der Waals surface area contributed by atoms with Gasteiger partial charge >= 0.3 is 5.97 Å². The number of nitrogens with zero attached hydrogens (tertiary/aromatic N) is 1. The molecule has 0 aliphatic rings. The third kappa shape index (κ3) is 2.58. The Morgan fingerprint density at radius 1 is 1.26 bits per heavy atom. The van der Waals surface area contributed by atoms with Gasteiger partial charge in [0.05, 0.1) is 22.5 Å². The van der Waals surface area contributed by atoms with Crippen LogP contribution in [0.4, 0.5) is 11.4 Å². The fourth-order valence-corrected chi connectivity index (χ4v) is 2.31. The number of thiophene rings is 1. The van der Waals surface area contributed by atoms with Crippen molar-refractivity contribution < 1.29 is 14.7 Å². The number of rotatable bonds is 3. The van der Waals surface area contributed by atoms with E-state index in [1.54, 1.807) is 18.5 Å². The van der Waals surface area contributed by atoms with Crippen molar-refractivity contribution in [3.05, 3.63) is 46.2 Å². The first-order valence-electron chi connectivity index (χ1n) is 5.44. The molecule has 0 fully saturated rings. The Bertz CT molecular complexity index is 623. The Morgan fingerprint density at radius 2 is 2.00 bits per heavy atom. The van der Waals surface area contributed by atoms with Crippen molar-refractivity contribution in [1.29, 1.82) is 0 Å². The molecule has 1 amide bonds. The third-order valence-corrected chi connectivity index (χ3v) is 3.39. The summed E-state index contributed by atoms with van der Waals surface area (Å²) in [5.41, 5.74) is 7.21. The summed E-state index contributed by atoms with van der Waals surface area (Å²) in [5, 5.41) is 12.4. The molecule has 3 N–H and O–H groups in total. The van der Waals surface area contributed by atoms with E-state index in [0.717, 1.165) is 0 Å². The van der Waals surface area contributed by atoms with Crippen LogP contribution in [0.5, 0.6) is 0 Å². The molecule has 19 heavy (non-hydrogen) atoms. The topological polar surface area (TPSA) is 83.6 Å². The highest BCUT2D eigenvalue weighted by Crippen LogP contribution is 2.25. The Kier molecular flexibility index (Phi) is 3.52. The first-order valence-corrected chi connectivity index (χ1v) is 6.38. The third-order valence-electron chi connectivity index (χ3n) is 2.71. The lowest BCUT2D eigenvalue weighted by atomic mass is 10.1. The number of anilines is 2. The fraction of sp³-hybridized carbons (Fsp3) is 0.0769. The molecule has 0 atom stereocenters. The van der Waals surface area contributed by atoms with E-state index < -0.39 is 5.97 Å². The highest BCUT2D eigenvalue weighted by molar-refractivity contribution is 7.08. The van der Waals surface area contributed by atoms with Crippen LogP contribution >= 0.6 is 11.3 Å². The minimum atomic E-state index is -1.05. The molecule has 0 saturated heterocycles. The van der Waals surface area contributed by atoms with Gasteiger partial charge < -0.3 is 15.7 Å². The van der Waals surface area contributed by atoms with Gasteiger partial charge in [-0.05, 0) is 29.6 Å². The van der Waals surface area contributed by atoms with Gasteiger partial charge in [-0.25, -0.2) is 4.79 Å². The van der Waals surface area contributed by atoms with Crippen molar-refractivity contribution in [1.82, 2.24) is 0 Å². The van der Waals surface area contributed by atoms with E-state index in [1.165, 1.54) is 34.4 Å². The number of nitrogens with two attached hydrogens (primary N) is 1. The maximum Gasteiger partial charge on any atom is 0.335 e. The fourth-order valence-electron chi connectivity index (χ4n) is 1.68. The van der Waals surface area contributed by atoms with Gasteiger partial charge in [0.15, 0.2) is 0 Å². The molecule has 0 bridgehead atoms. The number of carboxylic acid groups (broad SMARTS) is 1. The molecular weight excluding hydrogens is 264 g/mol. The molecule has 0 radical (unpaired) electrons. The summed E-state index contributed by atoms with van der Waals surface area (Å²) < 4.78 is 0. The summed E-state index contributed by atoms with van der Waals surface area (Å²) in [4.78, 5) is 24.4. The molecule has 0 aliphatic heterocycles. The summed E-state index contributed by atoms with van der Waals surface area (Å²) in [6, 6.07) is 6.02. The number of aromatic carboxylic acids is 1. The van der Waals surface area contributed by atoms with E-state index in [0.29, 0.717) is 11.3 Å². The first kappa shape index (κ1) is 13.1. The summed E-state index contributed by atoms with van der Waals surface area (Å²) in [6.07, 6.45) is 0. The number of carboxylic acids is 1. The molecule has 1 aromatic carbocycles. The molecule has 0 spiro atoms. The second kappa shape index (κ2) is 5.11. The predicted molar refractivity (Wildman–Crippen MR) is 74.9 cm³/mol. The number of carbonyl (C=O) groups is 2. The van der Waals surface area contributed by atoms with E-state index >= 15 is 0 Å². The number of nitrogen functional groups attached to an aromatic ring is 1. The van der Waals surface area contributed by atoms with Gasteiger partial charge in [-0.3, -0.25) is 4.79 Å². The molecule has 1 aromatic heterocycles. The minimum absolute atomic E-state index is 0.0950. The zero-order chi connectivity index (χ0) is 14.0. The average molecular weight is 276 g/mol. The molecule has 0 aliphatic carbocycles. The van der Waals surface area contributed by atoms with Crippen LogP contribution in [-0.2, 0) is 0 Å². The Balaban J connectivity index is 2.32. The number of carbonyl (C=O) groups excluding carboxylic acids is 1. The Morgan fingerprint density at radius 3 is 2.53 bits per heavy atom. The second-order valence-corrected chi connectivity index (χ2v) is 4.73. The molecule has 98 valence electrons. The molecule has 0 unspecified atom stereocenters. The van der Waals surface area contributed by atoms with Crippen LogP contribution in [0.2, 0.25) is 0 Å². The number of benzene rings is 1. The Labute approximate surface area is 113 Å². The highest BCUT2D eigenvalue weighted by Gasteiger charge is 2.17. The van der Waals surface area contributed by atoms with Crippen LogP contribution in [0.25, 0.3) is 0 Å². The van der Waals surface area contributed by atoms with Gasteiger partial charge in [0.25, 0.3) is 5.91 Å². The minimum Gasteiger partial charge on any atom is -0.478 e. The summed E-state index contributed by atoms with van der Waals surface area (Å²) >= 11 is 1.43. The summed E-state index contributed by atoms with van der Waals surface area (Å²) in [5.74, 6) is -1.24. The highest BCUT2D eigenvalue weighted by atomic mass is 32.1. The smallest absolute Gasteiger partial charge is 0.335 e. The zero-order valence-electron chi connectivity index (χ0n) is 10.2. The maximum atomic E-state index is 12.1. The van der Waals surface area contributed by atoms with Gasteiger partial charge in [-0.1, -0.05) is 0 Å². The van der Waals surface area contributed by atoms with Crippen molar-refractivity contribution in [3.63, 3.8) is 0 Å². The lowest BCUT2D eigenvalue weighted by Crippen LogP contribution is -2.26. The molecular formula is C13H12N2O3S. The van der Waals surface area contributed by atoms with E-state index in [9.17, 15) is 9.59 Å². The quantitative estimate of drug-likeness (QED) is 0.842. The van der Waals surface area contributed by atoms with Crippen molar-refractivity contribution in [2.24, 2.45) is 0 Å². The van der Waals surface area contributed by atoms with Gasteiger partial charge in [0.2, 0.25) is 0 Å². The number of hydrogen-bond acceptors (Lipinski definition) is 4. The summed E-state index contributed by atoms with van der Waals surface area (Å²) in [6.45, 7) is 0. The SMILES string of the molecule is CN(C(=O)c1ccsc1)c1ccc(C(=O)O)cc1N. The van der Waals surface area contributed by atoms with Crippen LogP contribution < -0.4 is 10.6 Å². The zero-order valence-corrected chi connectivity index (χ0v) is 11.0. The van der Waals surface area contributed by atoms with Crippen LogP contribution in [0.1, 0.15) is 20.7 Å². The molecule has 2 rings (SSSR count). The van der Waals surface area contributed by atoms with Crippen LogP contribution in [-0.4, -0.2) is 24.0 Å². The van der Waals surface area contributed by atoms with E-state index in [-0.39, 0.29) is 17.2 Å². The maximum absolute atomic E-state index is 12.1. The van der Waals surface area contributed by atoms with E-state index in [2.05, 4.69) is 0 Å². The first-order chi connectivity index (χ1) is 9.00. The van der Waals surface area contributed by atoms with Gasteiger partial charge in [-0.2, -0.15) is 11.3 Å². The van der Waals surface area contributed by atoms with Crippen LogP contribution in [0.15, 0.2) is 35.0 Å².